The van der Waals surface area contributed by atoms with Gasteiger partial charge in [0.1, 0.15) is 0 Å². The lowest BCUT2D eigenvalue weighted by atomic mass is 10.1. The van der Waals surface area contributed by atoms with Crippen LogP contribution in [0, 0.1) is 5.92 Å². The minimum atomic E-state index is 0.441. The Bertz CT molecular complexity index is 188. The van der Waals surface area contributed by atoms with Crippen LogP contribution in [0.5, 0.6) is 0 Å². The zero-order valence-electron chi connectivity index (χ0n) is 7.12. The Morgan fingerprint density at radius 2 is 1.91 bits per heavy atom. The monoisotopic (exact) mass is 150 g/mol. The second-order valence-corrected chi connectivity index (χ2v) is 2.40. The standard InChI is InChI=1S/C9H14N2/c1-5-9(8(3)4)7-11-10-6-2/h5-8H,1-2H2,3-4H3/b9-7+,11-10?. The van der Waals surface area contributed by atoms with E-state index in [2.05, 4.69) is 37.2 Å². The van der Waals surface area contributed by atoms with Crippen LogP contribution in [0.15, 0.2) is 47.4 Å². The Morgan fingerprint density at radius 3 is 2.27 bits per heavy atom. The number of nitrogens with zero attached hydrogens (tertiary/aromatic N) is 2. The highest BCUT2D eigenvalue weighted by Gasteiger charge is 1.95. The van der Waals surface area contributed by atoms with Crippen molar-refractivity contribution < 1.29 is 0 Å². The summed E-state index contributed by atoms with van der Waals surface area (Å²) in [5.74, 6) is 0.441. The van der Waals surface area contributed by atoms with Crippen LogP contribution in [0.3, 0.4) is 0 Å². The normalized spacial score (nSPS) is 12.5. The average Bonchev–Trinajstić information content (AvgIpc) is 1.97. The second-order valence-electron chi connectivity index (χ2n) is 2.40. The zero-order valence-corrected chi connectivity index (χ0v) is 7.12. The van der Waals surface area contributed by atoms with E-state index in [0.717, 1.165) is 5.57 Å². The number of rotatable bonds is 4. The van der Waals surface area contributed by atoms with Crippen molar-refractivity contribution in [3.63, 3.8) is 0 Å². The highest BCUT2D eigenvalue weighted by molar-refractivity contribution is 5.17. The van der Waals surface area contributed by atoms with Crippen molar-refractivity contribution in [3.05, 3.63) is 37.2 Å². The van der Waals surface area contributed by atoms with E-state index in [0.29, 0.717) is 5.92 Å². The molecule has 0 saturated heterocycles. The molecule has 0 aliphatic carbocycles. The third kappa shape index (κ3) is 4.25. The summed E-state index contributed by atoms with van der Waals surface area (Å²) >= 11 is 0. The van der Waals surface area contributed by atoms with Gasteiger partial charge in [0.15, 0.2) is 0 Å². The minimum Gasteiger partial charge on any atom is -0.160 e. The van der Waals surface area contributed by atoms with Crippen LogP contribution in [0.4, 0.5) is 0 Å². The Labute approximate surface area is 68.0 Å². The van der Waals surface area contributed by atoms with E-state index in [1.807, 2.05) is 0 Å². The predicted molar refractivity (Wildman–Crippen MR) is 48.2 cm³/mol. The van der Waals surface area contributed by atoms with Crippen molar-refractivity contribution in [3.8, 4) is 0 Å². The van der Waals surface area contributed by atoms with Crippen LogP contribution in [0.1, 0.15) is 13.8 Å². The molecule has 0 bridgehead atoms. The first-order chi connectivity index (χ1) is 5.22. The van der Waals surface area contributed by atoms with Gasteiger partial charge in [0.25, 0.3) is 0 Å². The van der Waals surface area contributed by atoms with E-state index >= 15 is 0 Å². The van der Waals surface area contributed by atoms with Gasteiger partial charge < -0.3 is 0 Å². The fraction of sp³-hybridized carbons (Fsp3) is 0.333. The van der Waals surface area contributed by atoms with E-state index in [9.17, 15) is 0 Å². The highest BCUT2D eigenvalue weighted by atomic mass is 15.1. The Balaban J connectivity index is 4.23. The first-order valence-corrected chi connectivity index (χ1v) is 3.55. The van der Waals surface area contributed by atoms with Gasteiger partial charge in [-0.05, 0) is 11.5 Å². The first kappa shape index (κ1) is 9.82. The summed E-state index contributed by atoms with van der Waals surface area (Å²) < 4.78 is 0. The number of hydrogen-bond donors (Lipinski definition) is 0. The van der Waals surface area contributed by atoms with E-state index in [1.54, 1.807) is 12.3 Å². The summed E-state index contributed by atoms with van der Waals surface area (Å²) in [5.41, 5.74) is 1.08. The van der Waals surface area contributed by atoms with Crippen LogP contribution < -0.4 is 0 Å². The van der Waals surface area contributed by atoms with Gasteiger partial charge in [-0.1, -0.05) is 33.1 Å². The van der Waals surface area contributed by atoms with Crippen molar-refractivity contribution >= 4 is 0 Å². The van der Waals surface area contributed by atoms with Gasteiger partial charge in [-0.25, -0.2) is 0 Å². The summed E-state index contributed by atoms with van der Waals surface area (Å²) in [6.07, 6.45) is 4.88. The maximum absolute atomic E-state index is 3.76. The third-order valence-corrected chi connectivity index (χ3v) is 1.26. The van der Waals surface area contributed by atoms with Crippen molar-refractivity contribution in [1.82, 2.24) is 0 Å². The molecule has 0 heterocycles. The molecule has 0 atom stereocenters. The summed E-state index contributed by atoms with van der Waals surface area (Å²) in [6, 6.07) is 0. The molecule has 0 radical (unpaired) electrons. The Kier molecular flexibility index (Phi) is 4.99. The highest BCUT2D eigenvalue weighted by Crippen LogP contribution is 2.09. The molecule has 0 aliphatic heterocycles. The molecule has 0 aromatic carbocycles. The van der Waals surface area contributed by atoms with Gasteiger partial charge in [0, 0.05) is 6.20 Å². The molecule has 0 aromatic heterocycles. The number of hydrogen-bond acceptors (Lipinski definition) is 2. The molecule has 0 aliphatic rings. The van der Waals surface area contributed by atoms with Crippen LogP contribution in [-0.2, 0) is 0 Å². The van der Waals surface area contributed by atoms with Crippen LogP contribution >= 0.6 is 0 Å². The fourth-order valence-corrected chi connectivity index (χ4v) is 0.585. The van der Waals surface area contributed by atoms with Crippen LogP contribution in [-0.4, -0.2) is 0 Å². The smallest absolute Gasteiger partial charge is 0.0530 e. The first-order valence-electron chi connectivity index (χ1n) is 3.55. The Morgan fingerprint density at radius 1 is 1.27 bits per heavy atom. The molecule has 11 heavy (non-hydrogen) atoms. The van der Waals surface area contributed by atoms with Gasteiger partial charge >= 0.3 is 0 Å². The van der Waals surface area contributed by atoms with Crippen molar-refractivity contribution in [2.45, 2.75) is 13.8 Å². The van der Waals surface area contributed by atoms with Crippen molar-refractivity contribution in [1.29, 1.82) is 0 Å². The Hall–Kier alpha value is -1.18. The second kappa shape index (κ2) is 5.59. The van der Waals surface area contributed by atoms with Gasteiger partial charge in [0.05, 0.1) is 6.20 Å². The van der Waals surface area contributed by atoms with Gasteiger partial charge in [0.2, 0.25) is 0 Å². The van der Waals surface area contributed by atoms with Gasteiger partial charge in [-0.3, -0.25) is 0 Å². The lowest BCUT2D eigenvalue weighted by molar-refractivity contribution is 0.787. The van der Waals surface area contributed by atoms with E-state index in [-0.39, 0.29) is 0 Å². The quantitative estimate of drug-likeness (QED) is 0.434. The van der Waals surface area contributed by atoms with E-state index in [4.69, 9.17) is 0 Å². The lowest BCUT2D eigenvalue weighted by Crippen LogP contribution is -1.88. The van der Waals surface area contributed by atoms with Crippen molar-refractivity contribution in [2.24, 2.45) is 16.1 Å². The molecule has 0 aromatic rings. The molecule has 60 valence electrons. The fourth-order valence-electron chi connectivity index (χ4n) is 0.585. The number of azo groups is 1. The molecule has 0 spiro atoms. The molecular weight excluding hydrogens is 136 g/mol. The largest absolute Gasteiger partial charge is 0.160 e. The van der Waals surface area contributed by atoms with Crippen molar-refractivity contribution in [2.75, 3.05) is 0 Å². The van der Waals surface area contributed by atoms with Crippen LogP contribution in [0.25, 0.3) is 0 Å². The summed E-state index contributed by atoms with van der Waals surface area (Å²) in [6.45, 7) is 11.2. The average molecular weight is 150 g/mol. The summed E-state index contributed by atoms with van der Waals surface area (Å²) in [4.78, 5) is 0. The topological polar surface area (TPSA) is 24.7 Å². The number of allylic oxidation sites excluding steroid dienone is 2. The van der Waals surface area contributed by atoms with Gasteiger partial charge in [-0.15, -0.1) is 0 Å². The summed E-state index contributed by atoms with van der Waals surface area (Å²) in [7, 11) is 0. The third-order valence-electron chi connectivity index (χ3n) is 1.26. The molecule has 2 nitrogen and oxygen atoms in total. The predicted octanol–water partition coefficient (Wildman–Crippen LogP) is 3.31. The SMILES string of the molecule is C=CN=N/C=C(\C=C)C(C)C. The van der Waals surface area contributed by atoms with Crippen LogP contribution in [0.2, 0.25) is 0 Å². The molecule has 2 heteroatoms. The summed E-state index contributed by atoms with van der Waals surface area (Å²) in [5, 5.41) is 7.36. The van der Waals surface area contributed by atoms with Gasteiger partial charge in [-0.2, -0.15) is 10.2 Å². The molecular formula is C9H14N2. The molecule has 0 rings (SSSR count). The maximum atomic E-state index is 3.76. The molecule has 0 N–H and O–H groups in total. The molecule has 0 unspecified atom stereocenters. The van der Waals surface area contributed by atoms with E-state index < -0.39 is 0 Å². The zero-order chi connectivity index (χ0) is 8.69. The minimum absolute atomic E-state index is 0.441. The van der Waals surface area contributed by atoms with E-state index in [1.165, 1.54) is 6.20 Å². The molecule has 0 saturated carbocycles. The molecule has 0 fully saturated rings. The maximum Gasteiger partial charge on any atom is 0.0530 e. The molecule has 0 amide bonds. The lowest BCUT2D eigenvalue weighted by Gasteiger charge is -2.01.